The summed E-state index contributed by atoms with van der Waals surface area (Å²) in [7, 11) is 1.61. The lowest BCUT2D eigenvalue weighted by Gasteiger charge is -2.19. The number of aliphatic carboxylic acids is 1. The average Bonchev–Trinajstić information content (AvgIpc) is 2.23. The van der Waals surface area contributed by atoms with Gasteiger partial charge in [0.2, 0.25) is 5.43 Å². The van der Waals surface area contributed by atoms with E-state index in [1.54, 1.807) is 18.5 Å². The Morgan fingerprint density at radius 2 is 2.16 bits per heavy atom. The molecule has 1 heterocycles. The van der Waals surface area contributed by atoms with Gasteiger partial charge < -0.3 is 19.9 Å². The molecule has 1 aromatic rings. The summed E-state index contributed by atoms with van der Waals surface area (Å²) in [4.78, 5) is 23.5. The molecule has 1 aromatic heterocycles. The Hall–Kier alpha value is -1.86. The van der Waals surface area contributed by atoms with Gasteiger partial charge in [0.25, 0.3) is 0 Å². The summed E-state index contributed by atoms with van der Waals surface area (Å²) in [6.07, 6.45) is 0.601. The fourth-order valence-corrected chi connectivity index (χ4v) is 1.76. The lowest BCUT2D eigenvalue weighted by molar-refractivity contribution is -0.138. The second-order valence-corrected chi connectivity index (χ2v) is 4.58. The van der Waals surface area contributed by atoms with Crippen molar-refractivity contribution in [2.75, 3.05) is 13.6 Å². The molecule has 3 N–H and O–H groups in total. The quantitative estimate of drug-likeness (QED) is 0.641. The van der Waals surface area contributed by atoms with E-state index in [0.29, 0.717) is 5.69 Å². The molecule has 1 rings (SSSR count). The molecule has 0 amide bonds. The monoisotopic (exact) mass is 270 g/mol. The third kappa shape index (κ3) is 4.72. The highest BCUT2D eigenvalue weighted by Gasteiger charge is 2.11. The van der Waals surface area contributed by atoms with Crippen molar-refractivity contribution >= 4 is 5.97 Å². The molecule has 0 aliphatic carbocycles. The Bertz CT molecular complexity index is 509. The first-order valence-electron chi connectivity index (χ1n) is 5.80. The highest BCUT2D eigenvalue weighted by molar-refractivity contribution is 5.68. The Morgan fingerprint density at radius 3 is 2.68 bits per heavy atom. The van der Waals surface area contributed by atoms with Gasteiger partial charge in [-0.05, 0) is 14.0 Å². The van der Waals surface area contributed by atoms with Crippen molar-refractivity contribution in [2.45, 2.75) is 26.1 Å². The zero-order valence-corrected chi connectivity index (χ0v) is 10.9. The minimum Gasteiger partial charge on any atom is -0.503 e. The molecule has 0 saturated heterocycles. The molecule has 0 aliphatic rings. The Kier molecular flexibility index (Phi) is 5.08. The average molecular weight is 270 g/mol. The van der Waals surface area contributed by atoms with E-state index in [4.69, 9.17) is 5.11 Å². The zero-order valence-electron chi connectivity index (χ0n) is 10.9. The summed E-state index contributed by atoms with van der Waals surface area (Å²) in [6, 6.07) is 1.25. The van der Waals surface area contributed by atoms with Crippen molar-refractivity contribution in [3.8, 4) is 5.75 Å². The fraction of sp³-hybridized carbons (Fsp3) is 0.500. The first-order chi connectivity index (χ1) is 8.79. The normalized spacial score (nSPS) is 12.6. The van der Waals surface area contributed by atoms with E-state index in [1.165, 1.54) is 17.2 Å². The number of pyridine rings is 1. The molecular formula is C12H18N2O5. The molecule has 7 nitrogen and oxygen atoms in total. The first-order valence-corrected chi connectivity index (χ1v) is 5.80. The van der Waals surface area contributed by atoms with Gasteiger partial charge in [0.05, 0.1) is 18.8 Å². The van der Waals surface area contributed by atoms with Gasteiger partial charge in [-0.1, -0.05) is 0 Å². The topological polar surface area (TPSA) is 103 Å². The maximum atomic E-state index is 11.4. The number of carboxylic acid groups (broad SMARTS) is 1. The molecular weight excluding hydrogens is 252 g/mol. The molecule has 0 radical (unpaired) electrons. The number of aliphatic hydroxyl groups is 1. The van der Waals surface area contributed by atoms with Crippen LogP contribution in [0.3, 0.4) is 0 Å². The molecule has 0 bridgehead atoms. The Balaban J connectivity index is 3.00. The van der Waals surface area contributed by atoms with E-state index >= 15 is 0 Å². The van der Waals surface area contributed by atoms with Crippen LogP contribution in [0.2, 0.25) is 0 Å². The van der Waals surface area contributed by atoms with Gasteiger partial charge in [0, 0.05) is 24.8 Å². The van der Waals surface area contributed by atoms with Gasteiger partial charge in [-0.15, -0.1) is 0 Å². The predicted molar refractivity (Wildman–Crippen MR) is 68.0 cm³/mol. The molecule has 7 heteroatoms. The van der Waals surface area contributed by atoms with Crippen molar-refractivity contribution in [2.24, 2.45) is 0 Å². The summed E-state index contributed by atoms with van der Waals surface area (Å²) < 4.78 is 1.54. The summed E-state index contributed by atoms with van der Waals surface area (Å²) in [5, 5.41) is 27.5. The van der Waals surface area contributed by atoms with Crippen LogP contribution in [0.5, 0.6) is 5.75 Å². The second kappa shape index (κ2) is 6.35. The number of aromatic hydroxyl groups is 1. The third-order valence-corrected chi connectivity index (χ3v) is 2.50. The van der Waals surface area contributed by atoms with Crippen LogP contribution in [0.4, 0.5) is 0 Å². The molecule has 106 valence electrons. The fourth-order valence-electron chi connectivity index (χ4n) is 1.76. The summed E-state index contributed by atoms with van der Waals surface area (Å²) >= 11 is 0. The number of nitrogens with zero attached hydrogens (tertiary/aromatic N) is 2. The Labute approximate surface area is 110 Å². The van der Waals surface area contributed by atoms with Crippen LogP contribution in [0.15, 0.2) is 17.1 Å². The summed E-state index contributed by atoms with van der Waals surface area (Å²) in [6.45, 7) is 1.86. The number of aromatic nitrogens is 1. The molecule has 19 heavy (non-hydrogen) atoms. The van der Waals surface area contributed by atoms with E-state index in [-0.39, 0.29) is 19.6 Å². The molecule has 0 saturated carbocycles. The van der Waals surface area contributed by atoms with Crippen molar-refractivity contribution < 1.29 is 20.1 Å². The lowest BCUT2D eigenvalue weighted by Crippen LogP contribution is -2.28. The van der Waals surface area contributed by atoms with Gasteiger partial charge in [-0.25, -0.2) is 0 Å². The number of hydrogen-bond donors (Lipinski definition) is 3. The number of carboxylic acids is 1. The predicted octanol–water partition coefficient (Wildman–Crippen LogP) is -0.549. The second-order valence-electron chi connectivity index (χ2n) is 4.58. The maximum Gasteiger partial charge on any atom is 0.317 e. The molecule has 0 aliphatic heterocycles. The van der Waals surface area contributed by atoms with Crippen molar-refractivity contribution in [1.29, 1.82) is 0 Å². The zero-order chi connectivity index (χ0) is 14.6. The number of carbonyl (C=O) groups is 1. The van der Waals surface area contributed by atoms with Crippen LogP contribution in [-0.4, -0.2) is 50.5 Å². The molecule has 0 spiro atoms. The Morgan fingerprint density at radius 1 is 1.53 bits per heavy atom. The van der Waals surface area contributed by atoms with Crippen molar-refractivity contribution in [3.05, 3.63) is 28.2 Å². The number of likely N-dealkylation sites (N-methyl/N-ethyl adjacent to an activating group) is 1. The van der Waals surface area contributed by atoms with E-state index < -0.39 is 23.3 Å². The van der Waals surface area contributed by atoms with Gasteiger partial charge in [0.15, 0.2) is 5.75 Å². The maximum absolute atomic E-state index is 11.4. The molecule has 1 atom stereocenters. The van der Waals surface area contributed by atoms with Crippen molar-refractivity contribution in [3.63, 3.8) is 0 Å². The summed E-state index contributed by atoms with van der Waals surface area (Å²) in [5.41, 5.74) is 0.00742. The van der Waals surface area contributed by atoms with Gasteiger partial charge in [-0.3, -0.25) is 14.5 Å². The van der Waals surface area contributed by atoms with Gasteiger partial charge in [0.1, 0.15) is 0 Å². The van der Waals surface area contributed by atoms with E-state index in [0.717, 1.165) is 0 Å². The van der Waals surface area contributed by atoms with Crippen LogP contribution in [0.25, 0.3) is 0 Å². The highest BCUT2D eigenvalue weighted by atomic mass is 16.4. The number of aliphatic hydroxyl groups excluding tert-OH is 1. The molecule has 0 aromatic carbocycles. The van der Waals surface area contributed by atoms with Crippen LogP contribution >= 0.6 is 0 Å². The molecule has 1 unspecified atom stereocenters. The van der Waals surface area contributed by atoms with Crippen LogP contribution in [0.1, 0.15) is 12.6 Å². The van der Waals surface area contributed by atoms with E-state index in [2.05, 4.69) is 0 Å². The summed E-state index contributed by atoms with van der Waals surface area (Å²) in [5.74, 6) is -1.36. The van der Waals surface area contributed by atoms with Crippen LogP contribution < -0.4 is 5.43 Å². The van der Waals surface area contributed by atoms with Crippen LogP contribution in [-0.2, 0) is 17.9 Å². The number of hydrogen-bond acceptors (Lipinski definition) is 5. The standard InChI is InChI=1S/C12H18N2O5/c1-8(15)4-14-6-11(17)10(16)3-9(14)5-13(2)7-12(18)19/h3,6,8,15,17H,4-5,7H2,1-2H3,(H,18,19). The lowest BCUT2D eigenvalue weighted by atomic mass is 10.2. The van der Waals surface area contributed by atoms with Gasteiger partial charge in [-0.2, -0.15) is 0 Å². The minimum absolute atomic E-state index is 0.163. The smallest absolute Gasteiger partial charge is 0.317 e. The SMILES string of the molecule is CC(O)Cn1cc(O)c(=O)cc1CN(C)CC(=O)O. The largest absolute Gasteiger partial charge is 0.503 e. The highest BCUT2D eigenvalue weighted by Crippen LogP contribution is 2.08. The number of rotatable bonds is 6. The first kappa shape index (κ1) is 15.2. The van der Waals surface area contributed by atoms with Gasteiger partial charge >= 0.3 is 5.97 Å². The van der Waals surface area contributed by atoms with Crippen molar-refractivity contribution in [1.82, 2.24) is 9.47 Å². The van der Waals surface area contributed by atoms with Crippen LogP contribution in [0, 0.1) is 0 Å². The molecule has 0 fully saturated rings. The minimum atomic E-state index is -0.967. The van der Waals surface area contributed by atoms with E-state index in [9.17, 15) is 19.8 Å². The van der Waals surface area contributed by atoms with E-state index in [1.807, 2.05) is 0 Å². The third-order valence-electron chi connectivity index (χ3n) is 2.50.